The molecule has 19 heavy (non-hydrogen) atoms. The lowest BCUT2D eigenvalue weighted by Crippen LogP contribution is -2.12. The third-order valence-electron chi connectivity index (χ3n) is 1.92. The Morgan fingerprint density at radius 2 is 2.00 bits per heavy atom. The second-order valence-electron chi connectivity index (χ2n) is 3.66. The standard InChI is InChI=1S/C13H18F3N3/c1-4-6-12(13(14,15)16)19-9-11(5-2)18-8-7-10(3)17/h5-9,17-18H,4H2,1-3H3/b8-7-,11-5+,12-6-,17-10?,19-9-. The predicted molar refractivity (Wildman–Crippen MR) is 72.4 cm³/mol. The number of alkyl halides is 3. The van der Waals surface area contributed by atoms with Crippen LogP contribution in [0, 0.1) is 5.41 Å². The maximum atomic E-state index is 12.6. The van der Waals surface area contributed by atoms with Gasteiger partial charge in [-0.2, -0.15) is 13.2 Å². The van der Waals surface area contributed by atoms with E-state index in [9.17, 15) is 13.2 Å². The predicted octanol–water partition coefficient (Wildman–Crippen LogP) is 3.96. The Morgan fingerprint density at radius 1 is 1.37 bits per heavy atom. The fourth-order valence-corrected chi connectivity index (χ4v) is 1.03. The third kappa shape index (κ3) is 7.96. The van der Waals surface area contributed by atoms with Crippen molar-refractivity contribution in [2.75, 3.05) is 0 Å². The second kappa shape index (κ2) is 8.29. The molecular formula is C13H18F3N3. The van der Waals surface area contributed by atoms with Crippen molar-refractivity contribution in [3.8, 4) is 0 Å². The quantitative estimate of drug-likeness (QED) is 0.707. The monoisotopic (exact) mass is 273 g/mol. The van der Waals surface area contributed by atoms with Gasteiger partial charge in [-0.3, -0.25) is 0 Å². The molecule has 0 bridgehead atoms. The lowest BCUT2D eigenvalue weighted by Gasteiger charge is -2.07. The van der Waals surface area contributed by atoms with Gasteiger partial charge in [-0.05, 0) is 26.3 Å². The topological polar surface area (TPSA) is 48.2 Å². The van der Waals surface area contributed by atoms with E-state index < -0.39 is 11.9 Å². The van der Waals surface area contributed by atoms with Gasteiger partial charge in [0.05, 0.1) is 11.9 Å². The number of rotatable bonds is 6. The van der Waals surface area contributed by atoms with Gasteiger partial charge in [0.15, 0.2) is 0 Å². The van der Waals surface area contributed by atoms with E-state index in [0.717, 1.165) is 12.3 Å². The van der Waals surface area contributed by atoms with Crippen LogP contribution in [0.3, 0.4) is 0 Å². The van der Waals surface area contributed by atoms with Gasteiger partial charge >= 0.3 is 6.18 Å². The summed E-state index contributed by atoms with van der Waals surface area (Å²) in [5, 5.41) is 9.91. The molecular weight excluding hydrogens is 255 g/mol. The average molecular weight is 273 g/mol. The van der Waals surface area contributed by atoms with Crippen molar-refractivity contribution < 1.29 is 13.2 Å². The second-order valence-corrected chi connectivity index (χ2v) is 3.66. The van der Waals surface area contributed by atoms with Crippen LogP contribution in [0.15, 0.2) is 40.8 Å². The highest BCUT2D eigenvalue weighted by Crippen LogP contribution is 2.26. The molecule has 106 valence electrons. The molecule has 0 atom stereocenters. The molecule has 0 saturated carbocycles. The van der Waals surface area contributed by atoms with E-state index in [0.29, 0.717) is 11.4 Å². The first-order valence-electron chi connectivity index (χ1n) is 5.77. The summed E-state index contributed by atoms with van der Waals surface area (Å²) < 4.78 is 37.7. The van der Waals surface area contributed by atoms with Crippen LogP contribution in [0.2, 0.25) is 0 Å². The van der Waals surface area contributed by atoms with E-state index in [2.05, 4.69) is 10.3 Å². The summed E-state index contributed by atoms with van der Waals surface area (Å²) in [5.74, 6) is 0. The molecule has 0 fully saturated rings. The Morgan fingerprint density at radius 3 is 2.42 bits per heavy atom. The third-order valence-corrected chi connectivity index (χ3v) is 1.92. The summed E-state index contributed by atoms with van der Waals surface area (Å²) in [6, 6.07) is 0. The number of nitrogens with one attached hydrogen (secondary N) is 2. The minimum absolute atomic E-state index is 0.262. The summed E-state index contributed by atoms with van der Waals surface area (Å²) in [4.78, 5) is 3.45. The van der Waals surface area contributed by atoms with Crippen LogP contribution < -0.4 is 5.32 Å². The highest BCUT2D eigenvalue weighted by atomic mass is 19.4. The van der Waals surface area contributed by atoms with Gasteiger partial charge in [0.2, 0.25) is 0 Å². The van der Waals surface area contributed by atoms with Crippen LogP contribution in [0.5, 0.6) is 0 Å². The average Bonchev–Trinajstić information content (AvgIpc) is 2.29. The van der Waals surface area contributed by atoms with E-state index >= 15 is 0 Å². The number of hydrogen-bond acceptors (Lipinski definition) is 3. The number of aliphatic imine (C=N–C) groups is 1. The van der Waals surface area contributed by atoms with Crippen molar-refractivity contribution in [1.29, 1.82) is 5.41 Å². The van der Waals surface area contributed by atoms with Crippen LogP contribution in [-0.2, 0) is 0 Å². The molecule has 0 aliphatic carbocycles. The summed E-state index contributed by atoms with van der Waals surface area (Å²) in [7, 11) is 0. The first kappa shape index (κ1) is 17.2. The zero-order valence-electron chi connectivity index (χ0n) is 11.2. The normalized spacial score (nSPS) is 14.4. The molecule has 0 aliphatic rings. The van der Waals surface area contributed by atoms with Crippen molar-refractivity contribution >= 4 is 11.9 Å². The number of halogens is 3. The molecule has 0 aromatic heterocycles. The van der Waals surface area contributed by atoms with E-state index in [1.165, 1.54) is 12.3 Å². The molecule has 0 spiro atoms. The Kier molecular flexibility index (Phi) is 7.48. The molecule has 0 aromatic rings. The Hall–Kier alpha value is -1.85. The van der Waals surface area contributed by atoms with Crippen molar-refractivity contribution in [2.45, 2.75) is 33.4 Å². The maximum absolute atomic E-state index is 12.6. The van der Waals surface area contributed by atoms with Gasteiger partial charge in [0.1, 0.15) is 5.70 Å². The Balaban J connectivity index is 4.82. The number of allylic oxidation sites excluding steroid dienone is 5. The van der Waals surface area contributed by atoms with E-state index in [1.54, 1.807) is 26.8 Å². The van der Waals surface area contributed by atoms with Gasteiger partial charge in [-0.1, -0.05) is 19.1 Å². The van der Waals surface area contributed by atoms with Crippen LogP contribution >= 0.6 is 0 Å². The molecule has 0 saturated heterocycles. The van der Waals surface area contributed by atoms with Gasteiger partial charge in [-0.25, -0.2) is 4.99 Å². The van der Waals surface area contributed by atoms with Gasteiger partial charge in [0.25, 0.3) is 0 Å². The summed E-state index contributed by atoms with van der Waals surface area (Å²) in [6.07, 6.45) is 2.50. The van der Waals surface area contributed by atoms with Crippen LogP contribution in [0.4, 0.5) is 13.2 Å². The largest absolute Gasteiger partial charge is 0.433 e. The minimum Gasteiger partial charge on any atom is -0.361 e. The van der Waals surface area contributed by atoms with Gasteiger partial charge in [-0.15, -0.1) is 0 Å². The van der Waals surface area contributed by atoms with Crippen LogP contribution in [0.25, 0.3) is 0 Å². The van der Waals surface area contributed by atoms with E-state index in [-0.39, 0.29) is 6.42 Å². The van der Waals surface area contributed by atoms with Crippen LogP contribution in [-0.4, -0.2) is 18.1 Å². The molecule has 0 heterocycles. The van der Waals surface area contributed by atoms with Crippen LogP contribution in [0.1, 0.15) is 27.2 Å². The zero-order valence-corrected chi connectivity index (χ0v) is 11.2. The highest BCUT2D eigenvalue weighted by Gasteiger charge is 2.32. The molecule has 0 aliphatic heterocycles. The molecule has 0 rings (SSSR count). The maximum Gasteiger partial charge on any atom is 0.433 e. The van der Waals surface area contributed by atoms with Gasteiger partial charge in [0, 0.05) is 11.9 Å². The smallest absolute Gasteiger partial charge is 0.361 e. The van der Waals surface area contributed by atoms with Crippen molar-refractivity contribution in [1.82, 2.24) is 5.32 Å². The Labute approximate surface area is 111 Å². The fraction of sp³-hybridized carbons (Fsp3) is 0.385. The van der Waals surface area contributed by atoms with Crippen molar-refractivity contribution in [3.05, 3.63) is 35.8 Å². The number of nitrogens with zero attached hydrogens (tertiary/aromatic N) is 1. The van der Waals surface area contributed by atoms with E-state index in [4.69, 9.17) is 5.41 Å². The van der Waals surface area contributed by atoms with Crippen molar-refractivity contribution in [3.63, 3.8) is 0 Å². The molecule has 2 N–H and O–H groups in total. The van der Waals surface area contributed by atoms with Crippen molar-refractivity contribution in [2.24, 2.45) is 4.99 Å². The highest BCUT2D eigenvalue weighted by molar-refractivity contribution is 5.90. The minimum atomic E-state index is -4.45. The first-order valence-corrected chi connectivity index (χ1v) is 5.77. The molecule has 0 radical (unpaired) electrons. The summed E-state index contributed by atoms with van der Waals surface area (Å²) in [5.41, 5.74) is -0.158. The van der Waals surface area contributed by atoms with E-state index in [1.807, 2.05) is 0 Å². The summed E-state index contributed by atoms with van der Waals surface area (Å²) in [6.45, 7) is 4.88. The fourth-order valence-electron chi connectivity index (χ4n) is 1.03. The number of hydrogen-bond donors (Lipinski definition) is 2. The molecule has 0 amide bonds. The molecule has 0 unspecified atom stereocenters. The zero-order chi connectivity index (χ0) is 14.9. The lowest BCUT2D eigenvalue weighted by molar-refractivity contribution is -0.0925. The molecule has 3 nitrogen and oxygen atoms in total. The molecule has 6 heteroatoms. The summed E-state index contributed by atoms with van der Waals surface area (Å²) >= 11 is 0. The Bertz CT molecular complexity index is 415. The molecule has 0 aromatic carbocycles. The lowest BCUT2D eigenvalue weighted by atomic mass is 10.3. The SMILES string of the molecule is C\C=C(/C=N\C(=C/CC)C(F)(F)F)N/C=C\C(C)=N. The van der Waals surface area contributed by atoms with Gasteiger partial charge < -0.3 is 10.7 Å². The first-order chi connectivity index (χ1) is 8.81.